The number of nitrogens with zero attached hydrogens (tertiary/aromatic N) is 3. The molecule has 4 nitrogen and oxygen atoms in total. The first kappa shape index (κ1) is 33.5. The zero-order chi connectivity index (χ0) is 38.4. The summed E-state index contributed by atoms with van der Waals surface area (Å²) in [6.07, 6.45) is 4.37. The van der Waals surface area contributed by atoms with Crippen LogP contribution in [-0.2, 0) is 0 Å². The van der Waals surface area contributed by atoms with Gasteiger partial charge in [-0.05, 0) is 97.8 Å². The summed E-state index contributed by atoms with van der Waals surface area (Å²) in [7, 11) is 0. The van der Waals surface area contributed by atoms with E-state index >= 15 is 0 Å². The number of benzene rings is 4. The van der Waals surface area contributed by atoms with Crippen LogP contribution in [0.25, 0.3) is 38.9 Å². The van der Waals surface area contributed by atoms with E-state index in [4.69, 9.17) is 9.98 Å². The third-order valence-electron chi connectivity index (χ3n) is 11.5. The van der Waals surface area contributed by atoms with Crippen molar-refractivity contribution in [3.05, 3.63) is 234 Å². The Morgan fingerprint density at radius 2 is 1.05 bits per heavy atom. The quantitative estimate of drug-likeness (QED) is 0.182. The highest BCUT2D eigenvalue weighted by molar-refractivity contribution is 7.11. The summed E-state index contributed by atoms with van der Waals surface area (Å²) < 4.78 is 2.40. The summed E-state index contributed by atoms with van der Waals surface area (Å²) >= 11 is 1.77. The van der Waals surface area contributed by atoms with Crippen molar-refractivity contribution in [1.82, 2.24) is 9.38 Å². The summed E-state index contributed by atoms with van der Waals surface area (Å²) in [5.74, 6) is 0. The second kappa shape index (κ2) is 12.9. The highest BCUT2D eigenvalue weighted by Crippen LogP contribution is 2.45. The van der Waals surface area contributed by atoms with E-state index < -0.39 is 0 Å². The van der Waals surface area contributed by atoms with E-state index in [1.54, 1.807) is 11.3 Å². The molecular formula is C52H38N4S. The number of H-pyrrole nitrogens is 1. The summed E-state index contributed by atoms with van der Waals surface area (Å²) in [5, 5.41) is 4.19. The second-order valence-electron chi connectivity index (χ2n) is 15.4. The van der Waals surface area contributed by atoms with E-state index in [0.717, 1.165) is 89.0 Å². The van der Waals surface area contributed by atoms with Gasteiger partial charge in [0.1, 0.15) is 5.49 Å². The molecule has 4 aromatic heterocycles. The number of hydrogen-bond acceptors (Lipinski definition) is 3. The van der Waals surface area contributed by atoms with Gasteiger partial charge in [-0.15, -0.1) is 11.3 Å². The lowest BCUT2D eigenvalue weighted by atomic mass is 9.92. The first-order valence-electron chi connectivity index (χ1n) is 19.5. The van der Waals surface area contributed by atoms with Crippen LogP contribution >= 0.6 is 11.3 Å². The lowest BCUT2D eigenvalue weighted by Crippen LogP contribution is -2.20. The number of fused-ring (bicyclic) bond motifs is 4. The van der Waals surface area contributed by atoms with Crippen LogP contribution in [0.1, 0.15) is 55.1 Å². The van der Waals surface area contributed by atoms with Gasteiger partial charge in [-0.1, -0.05) is 125 Å². The molecule has 0 saturated heterocycles. The molecule has 0 spiro atoms. The highest BCUT2D eigenvalue weighted by Gasteiger charge is 2.33. The van der Waals surface area contributed by atoms with E-state index in [-0.39, 0.29) is 0 Å². The van der Waals surface area contributed by atoms with Gasteiger partial charge in [-0.25, -0.2) is 9.98 Å². The maximum atomic E-state index is 5.82. The SMILES string of the molecule is Cc1ccc(C2=C3C=CC(=N3)C(c3ccc(C)cc3)=c3ccc([nH]3)=C(c3ccc(C)cc3)C3=C(c4cccs4)c4c(-c5ccc(C)cc5)c5ccc2n5c4=N3)cc1. The topological polar surface area (TPSA) is 44.9 Å². The van der Waals surface area contributed by atoms with Crippen molar-refractivity contribution in [1.29, 1.82) is 0 Å². The van der Waals surface area contributed by atoms with Crippen LogP contribution in [0.4, 0.5) is 0 Å². The fourth-order valence-corrected chi connectivity index (χ4v) is 9.44. The Morgan fingerprint density at radius 3 is 1.65 bits per heavy atom. The third-order valence-corrected chi connectivity index (χ3v) is 12.4. The van der Waals surface area contributed by atoms with Crippen LogP contribution in [0.3, 0.4) is 0 Å². The van der Waals surface area contributed by atoms with E-state index in [9.17, 15) is 0 Å². The zero-order valence-corrected chi connectivity index (χ0v) is 33.0. The largest absolute Gasteiger partial charge is 0.354 e. The number of hydrogen-bond donors (Lipinski definition) is 1. The van der Waals surface area contributed by atoms with Crippen LogP contribution < -0.4 is 16.2 Å². The second-order valence-corrected chi connectivity index (χ2v) is 16.4. The van der Waals surface area contributed by atoms with Gasteiger partial charge in [-0.3, -0.25) is 4.40 Å². The van der Waals surface area contributed by atoms with Crippen molar-refractivity contribution in [3.8, 4) is 11.1 Å². The summed E-state index contributed by atoms with van der Waals surface area (Å²) in [4.78, 5) is 16.5. The number of aromatic nitrogens is 2. The molecule has 272 valence electrons. The maximum absolute atomic E-state index is 5.82. The van der Waals surface area contributed by atoms with Crippen molar-refractivity contribution < 1.29 is 0 Å². The molecule has 11 rings (SSSR count). The predicted octanol–water partition coefficient (Wildman–Crippen LogP) is 10.2. The van der Waals surface area contributed by atoms with Gasteiger partial charge in [0.2, 0.25) is 0 Å². The molecule has 0 amide bonds. The molecule has 3 aliphatic heterocycles. The van der Waals surface area contributed by atoms with Crippen molar-refractivity contribution >= 4 is 44.9 Å². The van der Waals surface area contributed by atoms with Gasteiger partial charge in [-0.2, -0.15) is 0 Å². The number of rotatable bonds is 5. The minimum Gasteiger partial charge on any atom is -0.354 e. The molecule has 0 saturated carbocycles. The smallest absolute Gasteiger partial charge is 0.147 e. The average Bonchev–Trinajstić information content (AvgIpc) is 4.08. The first-order valence-corrected chi connectivity index (χ1v) is 20.4. The molecule has 4 aromatic carbocycles. The number of aryl methyl sites for hydroxylation is 4. The standard InChI is InChI=1S/C52H38N4S/c1-30-7-15-34(16-8-30)45-38-23-25-40(53-38)46(35-17-9-31(2)10-18-35)42-27-28-43-48(37-21-13-33(4)14-22-37)50-49(44-6-5-29-57-44)51(55-52(50)56(42)43)47(41-26-24-39(45)54-41)36-19-11-32(3)12-20-36/h5-29,54H,1-4H3. The van der Waals surface area contributed by atoms with Gasteiger partial charge in [0.15, 0.2) is 0 Å². The van der Waals surface area contributed by atoms with Gasteiger partial charge < -0.3 is 4.98 Å². The Morgan fingerprint density at radius 1 is 0.491 bits per heavy atom. The lowest BCUT2D eigenvalue weighted by Gasteiger charge is -2.13. The predicted molar refractivity (Wildman–Crippen MR) is 236 cm³/mol. The third kappa shape index (κ3) is 5.34. The number of allylic oxidation sites excluding steroid dienone is 3. The molecule has 0 aliphatic carbocycles. The molecular weight excluding hydrogens is 713 g/mol. The molecule has 0 fully saturated rings. The zero-order valence-electron chi connectivity index (χ0n) is 32.2. The molecule has 0 unspecified atom stereocenters. The molecule has 5 heteroatoms. The Bertz CT molecular complexity index is 3250. The van der Waals surface area contributed by atoms with E-state index in [2.05, 4.69) is 188 Å². The molecule has 1 N–H and O–H groups in total. The van der Waals surface area contributed by atoms with Crippen molar-refractivity contribution in [3.63, 3.8) is 0 Å². The molecule has 3 aliphatic rings. The summed E-state index contributed by atoms with van der Waals surface area (Å²) in [6, 6.07) is 48.9. The maximum Gasteiger partial charge on any atom is 0.147 e. The monoisotopic (exact) mass is 750 g/mol. The number of nitrogens with one attached hydrogen (secondary N) is 1. The van der Waals surface area contributed by atoms with Gasteiger partial charge >= 0.3 is 0 Å². The van der Waals surface area contributed by atoms with Crippen LogP contribution in [0.2, 0.25) is 0 Å². The fourth-order valence-electron chi connectivity index (χ4n) is 8.66. The van der Waals surface area contributed by atoms with Crippen LogP contribution in [0.15, 0.2) is 172 Å². The van der Waals surface area contributed by atoms with Gasteiger partial charge in [0.25, 0.3) is 0 Å². The van der Waals surface area contributed by atoms with Crippen molar-refractivity contribution in [2.45, 2.75) is 27.7 Å². The fraction of sp³-hybridized carbons (Fsp3) is 0.0769. The minimum absolute atomic E-state index is 0.922. The molecule has 6 bridgehead atoms. The number of aromatic amines is 1. The Hall–Kier alpha value is -6.82. The summed E-state index contributed by atoms with van der Waals surface area (Å²) in [6.45, 7) is 8.57. The van der Waals surface area contributed by atoms with Crippen LogP contribution in [0.5, 0.6) is 0 Å². The Labute approximate surface area is 335 Å². The molecule has 57 heavy (non-hydrogen) atoms. The average molecular weight is 751 g/mol. The van der Waals surface area contributed by atoms with E-state index in [1.807, 2.05) is 0 Å². The highest BCUT2D eigenvalue weighted by atomic mass is 32.1. The van der Waals surface area contributed by atoms with Gasteiger partial charge in [0, 0.05) is 49.0 Å². The van der Waals surface area contributed by atoms with E-state index in [0.29, 0.717) is 0 Å². The van der Waals surface area contributed by atoms with Crippen LogP contribution in [-0.4, -0.2) is 15.1 Å². The first-order chi connectivity index (χ1) is 27.9. The number of thiophene rings is 1. The normalized spacial score (nSPS) is 14.6. The Kier molecular flexibility index (Phi) is 7.57. The summed E-state index contributed by atoms with van der Waals surface area (Å²) in [5.41, 5.74) is 22.0. The lowest BCUT2D eigenvalue weighted by molar-refractivity contribution is 1.06. The Balaban J connectivity index is 1.36. The molecule has 7 heterocycles. The van der Waals surface area contributed by atoms with Crippen molar-refractivity contribution in [2.75, 3.05) is 0 Å². The van der Waals surface area contributed by atoms with Crippen LogP contribution in [0, 0.1) is 27.7 Å². The molecule has 0 radical (unpaired) electrons. The van der Waals surface area contributed by atoms with Crippen molar-refractivity contribution in [2.24, 2.45) is 9.98 Å². The van der Waals surface area contributed by atoms with E-state index in [1.165, 1.54) is 38.3 Å². The molecule has 0 atom stereocenters. The molecule has 8 aromatic rings. The number of aliphatic imine (C=N–C) groups is 1. The minimum atomic E-state index is 0.922. The van der Waals surface area contributed by atoms with Gasteiger partial charge in [0.05, 0.1) is 28.3 Å².